The molecule has 0 unspecified atom stereocenters. The van der Waals surface area contributed by atoms with Gasteiger partial charge >= 0.3 is 23.9 Å². The van der Waals surface area contributed by atoms with E-state index < -0.39 is 23.9 Å². The number of aromatic hydroxyl groups is 4. The van der Waals surface area contributed by atoms with Gasteiger partial charge in [-0.1, -0.05) is 108 Å². The Hall–Kier alpha value is -8.58. The van der Waals surface area contributed by atoms with E-state index in [-0.39, 0.29) is 49.4 Å². The molecular formula is C57H48Cl2O12. The average molecular weight is 996 g/mol. The highest BCUT2D eigenvalue weighted by molar-refractivity contribution is 6.31. The minimum atomic E-state index is -0.449. The molecule has 0 aromatic heterocycles. The Bertz CT molecular complexity index is 2820. The van der Waals surface area contributed by atoms with Gasteiger partial charge in [0, 0.05) is 15.6 Å². The van der Waals surface area contributed by atoms with Crippen molar-refractivity contribution in [3.63, 3.8) is 0 Å². The number of carbonyl (C=O) groups is 4. The summed E-state index contributed by atoms with van der Waals surface area (Å²) < 4.78 is 20.6. The quantitative estimate of drug-likeness (QED) is 0.0671. The Morgan fingerprint density at radius 1 is 0.352 bits per heavy atom. The second-order valence-electron chi connectivity index (χ2n) is 15.1. The van der Waals surface area contributed by atoms with Gasteiger partial charge in [-0.25, -0.2) is 19.2 Å². The number of ether oxygens (including phenoxy) is 4. The van der Waals surface area contributed by atoms with E-state index in [9.17, 15) is 19.2 Å². The number of esters is 4. The number of phenolic OH excluding ortho intramolecular Hbond substituents is 4. The van der Waals surface area contributed by atoms with Gasteiger partial charge in [-0.3, -0.25) is 0 Å². The van der Waals surface area contributed by atoms with Gasteiger partial charge in [-0.05, 0) is 144 Å². The topological polar surface area (TPSA) is 186 Å². The third-order valence-corrected chi connectivity index (χ3v) is 10.5. The minimum Gasteiger partial charge on any atom is -0.508 e. The van der Waals surface area contributed by atoms with E-state index in [1.54, 1.807) is 36.4 Å². The van der Waals surface area contributed by atoms with Crippen LogP contribution in [0.15, 0.2) is 200 Å². The van der Waals surface area contributed by atoms with Crippen molar-refractivity contribution in [1.82, 2.24) is 0 Å². The fourth-order valence-electron chi connectivity index (χ4n) is 5.85. The summed E-state index contributed by atoms with van der Waals surface area (Å²) in [5.41, 5.74) is 6.31. The van der Waals surface area contributed by atoms with Gasteiger partial charge in [0.25, 0.3) is 0 Å². The number of phenols is 4. The molecule has 0 aliphatic rings. The van der Waals surface area contributed by atoms with Gasteiger partial charge in [0.2, 0.25) is 0 Å². The molecule has 0 aliphatic heterocycles. The van der Waals surface area contributed by atoms with Crippen molar-refractivity contribution in [3.05, 3.63) is 260 Å². The smallest absolute Gasteiger partial charge is 0.338 e. The lowest BCUT2D eigenvalue weighted by molar-refractivity contribution is 0.0463. The second-order valence-corrected chi connectivity index (χ2v) is 16.0. The lowest BCUT2D eigenvalue weighted by atomic mass is 10.1. The van der Waals surface area contributed by atoms with E-state index >= 15 is 0 Å². The van der Waals surface area contributed by atoms with Crippen molar-refractivity contribution in [2.75, 3.05) is 0 Å². The zero-order chi connectivity index (χ0) is 51.0. The van der Waals surface area contributed by atoms with Crippen LogP contribution in [0.4, 0.5) is 0 Å². The highest BCUT2D eigenvalue weighted by Gasteiger charge is 2.11. The van der Waals surface area contributed by atoms with Gasteiger partial charge in [0.15, 0.2) is 0 Å². The molecule has 4 N–H and O–H groups in total. The third kappa shape index (κ3) is 18.8. The summed E-state index contributed by atoms with van der Waals surface area (Å²) in [6.45, 7) is 2.80. The van der Waals surface area contributed by atoms with E-state index in [0.29, 0.717) is 32.3 Å². The molecule has 71 heavy (non-hydrogen) atoms. The number of benzene rings is 8. The molecule has 8 aromatic rings. The predicted molar refractivity (Wildman–Crippen MR) is 269 cm³/mol. The Balaban J connectivity index is 0.000000176. The van der Waals surface area contributed by atoms with Crippen molar-refractivity contribution >= 4 is 47.1 Å². The molecule has 0 bridgehead atoms. The van der Waals surface area contributed by atoms with Gasteiger partial charge in [0.1, 0.15) is 49.4 Å². The summed E-state index contributed by atoms with van der Waals surface area (Å²) in [5.74, 6) is -1.18. The number of halogens is 2. The maximum absolute atomic E-state index is 11.7. The highest BCUT2D eigenvalue weighted by Crippen LogP contribution is 2.19. The Morgan fingerprint density at radius 3 is 1.04 bits per heavy atom. The summed E-state index contributed by atoms with van der Waals surface area (Å²) in [4.78, 5) is 46.7. The van der Waals surface area contributed by atoms with E-state index in [1.165, 1.54) is 97.1 Å². The summed E-state index contributed by atoms with van der Waals surface area (Å²) in [6.07, 6.45) is 0. The van der Waals surface area contributed by atoms with E-state index in [4.69, 9.17) is 62.6 Å². The lowest BCUT2D eigenvalue weighted by Crippen LogP contribution is -2.05. The molecule has 14 heteroatoms. The molecule has 0 saturated carbocycles. The summed E-state index contributed by atoms with van der Waals surface area (Å²) in [6, 6.07) is 55.3. The van der Waals surface area contributed by atoms with Crippen LogP contribution in [0.1, 0.15) is 69.2 Å². The fraction of sp³-hybridized carbons (Fsp3) is 0.0877. The second kappa shape index (κ2) is 28.0. The van der Waals surface area contributed by atoms with Gasteiger partial charge in [-0.15, -0.1) is 0 Å². The molecule has 362 valence electrons. The van der Waals surface area contributed by atoms with Crippen LogP contribution in [0.25, 0.3) is 0 Å². The maximum Gasteiger partial charge on any atom is 0.338 e. The number of hydrogen-bond donors (Lipinski definition) is 4. The fourth-order valence-corrected chi connectivity index (χ4v) is 6.17. The molecule has 8 aromatic carbocycles. The monoisotopic (exact) mass is 994 g/mol. The molecule has 0 fully saturated rings. The van der Waals surface area contributed by atoms with Gasteiger partial charge < -0.3 is 39.4 Å². The van der Waals surface area contributed by atoms with Crippen LogP contribution in [-0.4, -0.2) is 44.3 Å². The number of hydrogen-bond acceptors (Lipinski definition) is 12. The van der Waals surface area contributed by atoms with Crippen LogP contribution in [0, 0.1) is 6.92 Å². The molecule has 0 spiro atoms. The minimum absolute atomic E-state index is 0.109. The molecule has 0 radical (unpaired) electrons. The summed E-state index contributed by atoms with van der Waals surface area (Å²) in [7, 11) is 0. The van der Waals surface area contributed by atoms with Crippen LogP contribution in [-0.2, 0) is 45.4 Å². The largest absolute Gasteiger partial charge is 0.508 e. The Morgan fingerprint density at radius 2 is 0.662 bits per heavy atom. The number of aryl methyl sites for hydroxylation is 1. The van der Waals surface area contributed by atoms with Crippen LogP contribution in [0.3, 0.4) is 0 Å². The molecule has 0 heterocycles. The first-order valence-electron chi connectivity index (χ1n) is 21.6. The molecular weight excluding hydrogens is 948 g/mol. The van der Waals surface area contributed by atoms with Crippen LogP contribution in [0.5, 0.6) is 23.0 Å². The van der Waals surface area contributed by atoms with Crippen LogP contribution in [0.2, 0.25) is 10.0 Å². The van der Waals surface area contributed by atoms with Gasteiger partial charge in [0.05, 0.1) is 22.3 Å². The standard InChI is InChI=1S/C15H14O3.2C14H11ClO3.C14H12O3/c1-11-4-2-3-5-13(11)10-18-15(17)12-6-8-14(16)9-7-12;15-12-5-1-10(2-6-12)9-18-14(17)11-3-7-13(16)8-4-11;15-13-4-2-1-3-11(13)9-18-14(17)10-5-7-12(16)8-6-10;15-13-8-6-12(7-9-13)14(16)17-10-11-4-2-1-3-5-11/h2-9,16H,10H2,1H3;2*1-8,16H,9H2;1-9,15H,10H2. The molecule has 12 nitrogen and oxygen atoms in total. The highest BCUT2D eigenvalue weighted by atomic mass is 35.5. The average Bonchev–Trinajstić information content (AvgIpc) is 3.39. The zero-order valence-corrected chi connectivity index (χ0v) is 39.7. The van der Waals surface area contributed by atoms with Crippen molar-refractivity contribution in [1.29, 1.82) is 0 Å². The zero-order valence-electron chi connectivity index (χ0n) is 38.2. The first kappa shape index (κ1) is 53.4. The lowest BCUT2D eigenvalue weighted by Gasteiger charge is -2.07. The molecule has 0 amide bonds. The summed E-state index contributed by atoms with van der Waals surface area (Å²) >= 11 is 11.7. The molecule has 0 saturated heterocycles. The van der Waals surface area contributed by atoms with Crippen molar-refractivity contribution in [3.8, 4) is 23.0 Å². The number of rotatable bonds is 12. The molecule has 0 aliphatic carbocycles. The first-order valence-corrected chi connectivity index (χ1v) is 22.4. The summed E-state index contributed by atoms with van der Waals surface area (Å²) in [5, 5.41) is 37.7. The maximum atomic E-state index is 11.7. The predicted octanol–water partition coefficient (Wildman–Crippen LogP) is 12.6. The molecule has 8 rings (SSSR count). The normalized spacial score (nSPS) is 10.0. The van der Waals surface area contributed by atoms with Crippen molar-refractivity contribution < 1.29 is 58.6 Å². The Kier molecular flexibility index (Phi) is 21.1. The van der Waals surface area contributed by atoms with E-state index in [2.05, 4.69) is 0 Å². The van der Waals surface area contributed by atoms with Crippen LogP contribution < -0.4 is 0 Å². The molecule has 0 atom stereocenters. The van der Waals surface area contributed by atoms with E-state index in [1.807, 2.05) is 73.7 Å². The van der Waals surface area contributed by atoms with Gasteiger partial charge in [-0.2, -0.15) is 0 Å². The van der Waals surface area contributed by atoms with Crippen LogP contribution >= 0.6 is 23.2 Å². The van der Waals surface area contributed by atoms with E-state index in [0.717, 1.165) is 27.8 Å². The number of carbonyl (C=O) groups excluding carboxylic acids is 4. The Labute approximate surface area is 420 Å². The first-order chi connectivity index (χ1) is 34.2. The third-order valence-electron chi connectivity index (χ3n) is 9.84. The van der Waals surface area contributed by atoms with Crippen molar-refractivity contribution in [2.24, 2.45) is 0 Å². The SMILES string of the molecule is Cc1ccccc1COC(=O)c1ccc(O)cc1.O=C(OCc1ccc(Cl)cc1)c1ccc(O)cc1.O=C(OCc1ccccc1)c1ccc(O)cc1.O=C(OCc1ccccc1Cl)c1ccc(O)cc1. The van der Waals surface area contributed by atoms with Crippen molar-refractivity contribution in [2.45, 2.75) is 33.4 Å².